The molecule has 30 heavy (non-hydrogen) atoms. The molecule has 1 aromatic heterocycles. The van der Waals surface area contributed by atoms with Gasteiger partial charge in [0.2, 0.25) is 0 Å². The molecule has 0 saturated carbocycles. The van der Waals surface area contributed by atoms with Gasteiger partial charge in [0.25, 0.3) is 21.5 Å². The summed E-state index contributed by atoms with van der Waals surface area (Å²) >= 11 is 0. The fraction of sp³-hybridized carbons (Fsp3) is 0.0526. The average molecular weight is 427 g/mol. The topological polar surface area (TPSA) is 153 Å². The van der Waals surface area contributed by atoms with Gasteiger partial charge >= 0.3 is 5.69 Å². The molecule has 4 N–H and O–H groups in total. The number of benzene rings is 2. The van der Waals surface area contributed by atoms with Gasteiger partial charge in [0.15, 0.2) is 4.90 Å². The van der Waals surface area contributed by atoms with E-state index in [0.717, 1.165) is 17.3 Å². The fourth-order valence-electron chi connectivity index (χ4n) is 2.41. The largest absolute Gasteiger partial charge is 0.325 e. The second-order valence-electron chi connectivity index (χ2n) is 6.23. The minimum atomic E-state index is -4.28. The third-order valence-electron chi connectivity index (χ3n) is 3.91. The molecule has 0 aliphatic carbocycles. The van der Waals surface area contributed by atoms with E-state index in [0.29, 0.717) is 0 Å². The van der Waals surface area contributed by atoms with E-state index in [9.17, 15) is 22.8 Å². The summed E-state index contributed by atoms with van der Waals surface area (Å²) in [6, 6.07) is 13.1. The van der Waals surface area contributed by atoms with Crippen LogP contribution in [0.4, 0.5) is 5.69 Å². The summed E-state index contributed by atoms with van der Waals surface area (Å²) in [5.74, 6) is -0.554. The maximum absolute atomic E-state index is 12.4. The second-order valence-corrected chi connectivity index (χ2v) is 7.88. The number of H-pyrrole nitrogens is 2. The third kappa shape index (κ3) is 5.08. The van der Waals surface area contributed by atoms with Crippen molar-refractivity contribution in [2.24, 2.45) is 5.10 Å². The van der Waals surface area contributed by atoms with E-state index < -0.39 is 32.1 Å². The first-order valence-corrected chi connectivity index (χ1v) is 10.1. The van der Waals surface area contributed by atoms with Gasteiger partial charge in [0.05, 0.1) is 6.21 Å². The van der Waals surface area contributed by atoms with Crippen molar-refractivity contribution < 1.29 is 13.2 Å². The summed E-state index contributed by atoms with van der Waals surface area (Å²) in [6.45, 7) is 1.96. The Balaban J connectivity index is 1.73. The number of carbonyl (C=O) groups is 1. The lowest BCUT2D eigenvalue weighted by molar-refractivity contribution is 0.0955. The van der Waals surface area contributed by atoms with Gasteiger partial charge in [-0.25, -0.2) is 18.6 Å². The van der Waals surface area contributed by atoms with Crippen molar-refractivity contribution in [3.63, 3.8) is 0 Å². The van der Waals surface area contributed by atoms with Crippen molar-refractivity contribution in [1.29, 1.82) is 0 Å². The molecule has 1 amide bonds. The predicted octanol–water partition coefficient (Wildman–Crippen LogP) is 0.936. The number of rotatable bonds is 6. The summed E-state index contributed by atoms with van der Waals surface area (Å²) in [5.41, 5.74) is 2.56. The summed E-state index contributed by atoms with van der Waals surface area (Å²) in [4.78, 5) is 38.3. The number of hydrogen-bond donors (Lipinski definition) is 4. The molecule has 0 aliphatic heterocycles. The zero-order chi connectivity index (χ0) is 21.7. The Bertz CT molecular complexity index is 1320. The zero-order valence-electron chi connectivity index (χ0n) is 15.7. The molecule has 0 aliphatic rings. The lowest BCUT2D eigenvalue weighted by atomic mass is 10.2. The number of aromatic nitrogens is 2. The Labute approximate surface area is 170 Å². The highest BCUT2D eigenvalue weighted by Crippen LogP contribution is 2.15. The van der Waals surface area contributed by atoms with Crippen molar-refractivity contribution in [2.45, 2.75) is 11.8 Å². The van der Waals surface area contributed by atoms with Gasteiger partial charge in [0, 0.05) is 17.4 Å². The summed E-state index contributed by atoms with van der Waals surface area (Å²) < 4.78 is 27.0. The lowest BCUT2D eigenvalue weighted by Crippen LogP contribution is -2.29. The number of nitrogens with zero attached hydrogens (tertiary/aromatic N) is 1. The molecule has 11 heteroatoms. The second kappa shape index (κ2) is 8.57. The fourth-order valence-corrected chi connectivity index (χ4v) is 3.47. The first-order chi connectivity index (χ1) is 14.2. The van der Waals surface area contributed by atoms with Crippen molar-refractivity contribution >= 4 is 27.8 Å². The van der Waals surface area contributed by atoms with Crippen LogP contribution in [0.1, 0.15) is 21.5 Å². The molecule has 0 bridgehead atoms. The molecule has 0 spiro atoms. The van der Waals surface area contributed by atoms with Crippen LogP contribution in [0.3, 0.4) is 0 Å². The van der Waals surface area contributed by atoms with Crippen molar-refractivity contribution in [1.82, 2.24) is 15.4 Å². The van der Waals surface area contributed by atoms with Crippen LogP contribution in [0.2, 0.25) is 0 Å². The zero-order valence-corrected chi connectivity index (χ0v) is 16.5. The number of carbonyl (C=O) groups excluding carboxylic acids is 1. The third-order valence-corrected chi connectivity index (χ3v) is 5.30. The SMILES string of the molecule is Cc1ccc(/C=N/NC(=O)c2cccc(NS(=O)(=O)c3c[nH]c(=O)[nH]c3=O)c2)cc1. The molecular weight excluding hydrogens is 410 g/mol. The Kier molecular flexibility index (Phi) is 5.93. The molecule has 0 atom stereocenters. The Hall–Kier alpha value is -3.99. The summed E-state index contributed by atoms with van der Waals surface area (Å²) in [6.07, 6.45) is 2.27. The standard InChI is InChI=1S/C19H17N5O5S/c1-12-5-7-13(8-6-12)10-21-23-17(25)14-3-2-4-15(9-14)24-30(28,29)16-11-20-19(27)22-18(16)26/h2-11,24H,1H3,(H,23,25)(H2,20,22,26,27)/b21-10+. The molecule has 3 rings (SSSR count). The molecule has 0 unspecified atom stereocenters. The molecule has 154 valence electrons. The van der Waals surface area contributed by atoms with E-state index in [2.05, 4.69) is 20.2 Å². The molecule has 0 radical (unpaired) electrons. The van der Waals surface area contributed by atoms with E-state index in [-0.39, 0.29) is 11.3 Å². The van der Waals surface area contributed by atoms with Gasteiger partial charge in [-0.3, -0.25) is 19.3 Å². The van der Waals surface area contributed by atoms with E-state index >= 15 is 0 Å². The van der Waals surface area contributed by atoms with Crippen LogP contribution < -0.4 is 21.4 Å². The molecule has 1 heterocycles. The number of anilines is 1. The van der Waals surface area contributed by atoms with Crippen molar-refractivity contribution in [2.75, 3.05) is 4.72 Å². The maximum atomic E-state index is 12.4. The summed E-state index contributed by atoms with van der Waals surface area (Å²) in [5, 5.41) is 3.88. The minimum Gasteiger partial charge on any atom is -0.313 e. The van der Waals surface area contributed by atoms with Gasteiger partial charge in [0.1, 0.15) is 0 Å². The Morgan fingerprint density at radius 2 is 1.83 bits per heavy atom. The lowest BCUT2D eigenvalue weighted by Gasteiger charge is -2.08. The normalized spacial score (nSPS) is 11.4. The summed E-state index contributed by atoms with van der Waals surface area (Å²) in [7, 11) is -4.28. The molecule has 3 aromatic rings. The van der Waals surface area contributed by atoms with Crippen LogP contribution in [-0.4, -0.2) is 30.5 Å². The smallest absolute Gasteiger partial charge is 0.313 e. The van der Waals surface area contributed by atoms with E-state index in [4.69, 9.17) is 0 Å². The molecular formula is C19H17N5O5S. The number of aryl methyl sites for hydroxylation is 1. The van der Waals surface area contributed by atoms with E-state index in [1.807, 2.05) is 36.2 Å². The average Bonchev–Trinajstić information content (AvgIpc) is 2.69. The molecule has 0 fully saturated rings. The highest BCUT2D eigenvalue weighted by atomic mass is 32.2. The van der Waals surface area contributed by atoms with Crippen LogP contribution in [0.15, 0.2) is 74.3 Å². The molecule has 0 saturated heterocycles. The number of aromatic amines is 2. The number of nitrogens with one attached hydrogen (secondary N) is 4. The van der Waals surface area contributed by atoms with E-state index in [1.165, 1.54) is 30.5 Å². The Morgan fingerprint density at radius 3 is 2.53 bits per heavy atom. The van der Waals surface area contributed by atoms with Crippen LogP contribution >= 0.6 is 0 Å². The van der Waals surface area contributed by atoms with Gasteiger partial charge in [-0.15, -0.1) is 0 Å². The van der Waals surface area contributed by atoms with Crippen molar-refractivity contribution in [3.05, 3.63) is 92.3 Å². The minimum absolute atomic E-state index is 0.0516. The number of hydrazone groups is 1. The maximum Gasteiger partial charge on any atom is 0.325 e. The number of amides is 1. The predicted molar refractivity (Wildman–Crippen MR) is 111 cm³/mol. The monoisotopic (exact) mass is 427 g/mol. The Morgan fingerprint density at radius 1 is 1.10 bits per heavy atom. The van der Waals surface area contributed by atoms with Crippen LogP contribution in [0.5, 0.6) is 0 Å². The quantitative estimate of drug-likeness (QED) is 0.341. The highest BCUT2D eigenvalue weighted by Gasteiger charge is 2.19. The highest BCUT2D eigenvalue weighted by molar-refractivity contribution is 7.92. The first-order valence-electron chi connectivity index (χ1n) is 8.59. The van der Waals surface area contributed by atoms with Crippen molar-refractivity contribution in [3.8, 4) is 0 Å². The van der Waals surface area contributed by atoms with Gasteiger partial charge in [-0.2, -0.15) is 5.10 Å². The molecule has 2 aromatic carbocycles. The van der Waals surface area contributed by atoms with Gasteiger partial charge in [-0.05, 0) is 30.7 Å². The van der Waals surface area contributed by atoms with Crippen LogP contribution in [0.25, 0.3) is 0 Å². The van der Waals surface area contributed by atoms with Gasteiger partial charge < -0.3 is 4.98 Å². The van der Waals surface area contributed by atoms with Gasteiger partial charge in [-0.1, -0.05) is 35.9 Å². The van der Waals surface area contributed by atoms with E-state index in [1.54, 1.807) is 0 Å². The van der Waals surface area contributed by atoms with Crippen LogP contribution in [0, 0.1) is 6.92 Å². The first kappa shape index (κ1) is 20.7. The number of hydrogen-bond acceptors (Lipinski definition) is 6. The van der Waals surface area contributed by atoms with Crippen LogP contribution in [-0.2, 0) is 10.0 Å². The number of sulfonamides is 1. The molecule has 10 nitrogen and oxygen atoms in total.